The summed E-state index contributed by atoms with van der Waals surface area (Å²) < 4.78 is 4.98. The van der Waals surface area contributed by atoms with Crippen LogP contribution in [0.1, 0.15) is 39.3 Å². The molecule has 122 valence electrons. The van der Waals surface area contributed by atoms with Crippen LogP contribution in [0.5, 0.6) is 0 Å². The maximum atomic E-state index is 11.6. The molecule has 1 aromatic carbocycles. The van der Waals surface area contributed by atoms with Crippen molar-refractivity contribution in [2.24, 2.45) is 5.92 Å². The summed E-state index contributed by atoms with van der Waals surface area (Å²) in [6.07, 6.45) is -0.291. The first-order valence-corrected chi connectivity index (χ1v) is 7.81. The Morgan fingerprint density at radius 1 is 1.41 bits per heavy atom. The molecule has 2 rings (SSSR count). The molecule has 1 amide bonds. The Morgan fingerprint density at radius 2 is 2.14 bits per heavy atom. The lowest BCUT2D eigenvalue weighted by molar-refractivity contribution is 0.0122. The topological polar surface area (TPSA) is 61.8 Å². The molecule has 0 aliphatic carbocycles. The molecule has 5 heteroatoms. The lowest BCUT2D eigenvalue weighted by atomic mass is 9.92. The summed E-state index contributed by atoms with van der Waals surface area (Å²) in [5, 5.41) is 13.7. The molecule has 5 nitrogen and oxygen atoms in total. The number of aliphatic hydroxyl groups is 1. The Labute approximate surface area is 132 Å². The van der Waals surface area contributed by atoms with E-state index in [1.165, 1.54) is 0 Å². The van der Waals surface area contributed by atoms with Gasteiger partial charge < -0.3 is 15.2 Å². The molecule has 2 N–H and O–H groups in total. The third-order valence-corrected chi connectivity index (χ3v) is 4.45. The SMILES string of the molecule is CC(NCC(C)(O)C(C)C)c1cccc(N2CCOC2=O)c1. The number of cyclic esters (lactones) is 1. The minimum Gasteiger partial charge on any atom is -0.447 e. The number of carbonyl (C=O) groups is 1. The van der Waals surface area contributed by atoms with Gasteiger partial charge in [-0.2, -0.15) is 0 Å². The van der Waals surface area contributed by atoms with Gasteiger partial charge in [-0.3, -0.25) is 4.90 Å². The van der Waals surface area contributed by atoms with Crippen LogP contribution in [0.4, 0.5) is 10.5 Å². The lowest BCUT2D eigenvalue weighted by Gasteiger charge is -2.30. The number of amides is 1. The van der Waals surface area contributed by atoms with Crippen molar-refractivity contribution >= 4 is 11.8 Å². The smallest absolute Gasteiger partial charge is 0.414 e. The summed E-state index contributed by atoms with van der Waals surface area (Å²) in [6, 6.07) is 7.95. The molecule has 2 atom stereocenters. The van der Waals surface area contributed by atoms with E-state index < -0.39 is 5.60 Å². The number of benzene rings is 1. The minimum absolute atomic E-state index is 0.0869. The van der Waals surface area contributed by atoms with Crippen LogP contribution in [0.15, 0.2) is 24.3 Å². The second kappa shape index (κ2) is 6.67. The van der Waals surface area contributed by atoms with E-state index in [4.69, 9.17) is 4.74 Å². The molecular formula is C17H26N2O3. The van der Waals surface area contributed by atoms with Gasteiger partial charge in [0.25, 0.3) is 0 Å². The number of nitrogens with one attached hydrogen (secondary N) is 1. The Kier molecular flexibility index (Phi) is 5.08. The van der Waals surface area contributed by atoms with E-state index in [1.54, 1.807) is 4.90 Å². The number of ether oxygens (including phenoxy) is 1. The zero-order chi connectivity index (χ0) is 16.3. The molecule has 0 radical (unpaired) electrons. The van der Waals surface area contributed by atoms with Crippen molar-refractivity contribution in [2.45, 2.75) is 39.3 Å². The minimum atomic E-state index is -0.745. The van der Waals surface area contributed by atoms with Gasteiger partial charge in [0.15, 0.2) is 0 Å². The third kappa shape index (κ3) is 3.78. The number of hydrogen-bond acceptors (Lipinski definition) is 4. The predicted molar refractivity (Wildman–Crippen MR) is 87.0 cm³/mol. The van der Waals surface area contributed by atoms with Crippen molar-refractivity contribution < 1.29 is 14.6 Å². The van der Waals surface area contributed by atoms with Crippen LogP contribution in [0.2, 0.25) is 0 Å². The molecular weight excluding hydrogens is 280 g/mol. The zero-order valence-corrected chi connectivity index (χ0v) is 13.8. The van der Waals surface area contributed by atoms with Crippen LogP contribution in [0.25, 0.3) is 0 Å². The van der Waals surface area contributed by atoms with E-state index in [0.717, 1.165) is 11.3 Å². The number of nitrogens with zero attached hydrogens (tertiary/aromatic N) is 1. The van der Waals surface area contributed by atoms with Crippen LogP contribution in [0, 0.1) is 5.92 Å². The number of anilines is 1. The fourth-order valence-electron chi connectivity index (χ4n) is 2.27. The van der Waals surface area contributed by atoms with Gasteiger partial charge in [0, 0.05) is 18.3 Å². The second-order valence-corrected chi connectivity index (χ2v) is 6.48. The quantitative estimate of drug-likeness (QED) is 0.848. The number of rotatable bonds is 6. The first-order valence-electron chi connectivity index (χ1n) is 7.81. The van der Waals surface area contributed by atoms with E-state index in [0.29, 0.717) is 19.7 Å². The summed E-state index contributed by atoms with van der Waals surface area (Å²) >= 11 is 0. The van der Waals surface area contributed by atoms with Crippen molar-refractivity contribution in [3.8, 4) is 0 Å². The molecule has 0 aromatic heterocycles. The zero-order valence-electron chi connectivity index (χ0n) is 13.8. The van der Waals surface area contributed by atoms with Crippen LogP contribution >= 0.6 is 0 Å². The van der Waals surface area contributed by atoms with Crippen LogP contribution in [-0.2, 0) is 4.74 Å². The Morgan fingerprint density at radius 3 is 2.73 bits per heavy atom. The first kappa shape index (κ1) is 16.8. The molecule has 1 fully saturated rings. The molecule has 22 heavy (non-hydrogen) atoms. The maximum absolute atomic E-state index is 11.6. The molecule has 1 heterocycles. The monoisotopic (exact) mass is 306 g/mol. The summed E-state index contributed by atoms with van der Waals surface area (Å²) in [7, 11) is 0. The van der Waals surface area contributed by atoms with E-state index in [-0.39, 0.29) is 18.1 Å². The van der Waals surface area contributed by atoms with Crippen LogP contribution in [0.3, 0.4) is 0 Å². The molecule has 1 aromatic rings. The molecule has 1 aliphatic rings. The Balaban J connectivity index is 2.04. The van der Waals surface area contributed by atoms with Crippen LogP contribution < -0.4 is 10.2 Å². The average molecular weight is 306 g/mol. The van der Waals surface area contributed by atoms with Crippen molar-refractivity contribution in [2.75, 3.05) is 24.6 Å². The van der Waals surface area contributed by atoms with E-state index >= 15 is 0 Å². The molecule has 0 spiro atoms. The number of carbonyl (C=O) groups excluding carboxylic acids is 1. The number of hydrogen-bond donors (Lipinski definition) is 2. The van der Waals surface area contributed by atoms with Gasteiger partial charge in [-0.05, 0) is 37.5 Å². The fraction of sp³-hybridized carbons (Fsp3) is 0.588. The Hall–Kier alpha value is -1.59. The van der Waals surface area contributed by atoms with Gasteiger partial charge in [0.05, 0.1) is 12.1 Å². The summed E-state index contributed by atoms with van der Waals surface area (Å²) in [5.41, 5.74) is 1.19. The highest BCUT2D eigenvalue weighted by Gasteiger charge is 2.26. The van der Waals surface area contributed by atoms with Gasteiger partial charge >= 0.3 is 6.09 Å². The second-order valence-electron chi connectivity index (χ2n) is 6.48. The van der Waals surface area contributed by atoms with E-state index in [2.05, 4.69) is 12.2 Å². The average Bonchev–Trinajstić information content (AvgIpc) is 2.91. The van der Waals surface area contributed by atoms with Crippen molar-refractivity contribution in [3.63, 3.8) is 0 Å². The summed E-state index contributed by atoms with van der Waals surface area (Å²) in [5.74, 6) is 0.179. The Bertz CT molecular complexity index is 528. The standard InChI is InChI=1S/C17H26N2O3/c1-12(2)17(4,21)11-18-13(3)14-6-5-7-15(10-14)19-8-9-22-16(19)20/h5-7,10,12-13,18,21H,8-9,11H2,1-4H3. The lowest BCUT2D eigenvalue weighted by Crippen LogP contribution is -2.43. The van der Waals surface area contributed by atoms with Crippen molar-refractivity contribution in [1.29, 1.82) is 0 Å². The largest absolute Gasteiger partial charge is 0.447 e. The highest BCUT2D eigenvalue weighted by atomic mass is 16.6. The van der Waals surface area contributed by atoms with E-state index in [1.807, 2.05) is 45.0 Å². The van der Waals surface area contributed by atoms with E-state index in [9.17, 15) is 9.90 Å². The predicted octanol–water partition coefficient (Wildman–Crippen LogP) is 2.70. The summed E-state index contributed by atoms with van der Waals surface area (Å²) in [6.45, 7) is 9.45. The maximum Gasteiger partial charge on any atom is 0.414 e. The molecule has 2 unspecified atom stereocenters. The van der Waals surface area contributed by atoms with Crippen molar-refractivity contribution in [3.05, 3.63) is 29.8 Å². The highest BCUT2D eigenvalue weighted by molar-refractivity contribution is 5.89. The normalized spacial score (nSPS) is 19.2. The van der Waals surface area contributed by atoms with Gasteiger partial charge in [0.2, 0.25) is 0 Å². The van der Waals surface area contributed by atoms with Gasteiger partial charge in [-0.15, -0.1) is 0 Å². The highest BCUT2D eigenvalue weighted by Crippen LogP contribution is 2.24. The van der Waals surface area contributed by atoms with Gasteiger partial charge in [-0.1, -0.05) is 26.0 Å². The van der Waals surface area contributed by atoms with Gasteiger partial charge in [-0.25, -0.2) is 4.79 Å². The van der Waals surface area contributed by atoms with Crippen molar-refractivity contribution in [1.82, 2.24) is 5.32 Å². The van der Waals surface area contributed by atoms with Gasteiger partial charge in [0.1, 0.15) is 6.61 Å². The summed E-state index contributed by atoms with van der Waals surface area (Å²) in [4.78, 5) is 13.3. The van der Waals surface area contributed by atoms with Crippen LogP contribution in [-0.4, -0.2) is 36.5 Å². The third-order valence-electron chi connectivity index (χ3n) is 4.45. The molecule has 1 saturated heterocycles. The first-order chi connectivity index (χ1) is 10.3. The molecule has 1 aliphatic heterocycles. The molecule has 0 bridgehead atoms. The molecule has 0 saturated carbocycles. The fourth-order valence-corrected chi connectivity index (χ4v) is 2.27.